The quantitative estimate of drug-likeness (QED) is 0.470. The number of pyridine rings is 2. The molecule has 3 N–H and O–H groups in total. The highest BCUT2D eigenvalue weighted by atomic mass is 16.5. The van der Waals surface area contributed by atoms with E-state index in [2.05, 4.69) is 59.9 Å². The number of aryl methyl sites for hydroxylation is 1. The number of H-pyrrole nitrogens is 1. The summed E-state index contributed by atoms with van der Waals surface area (Å²) in [4.78, 5) is 26.9. The number of carbonyl (C=O) groups excluding carboxylic acids is 1. The summed E-state index contributed by atoms with van der Waals surface area (Å²) in [7, 11) is 0. The van der Waals surface area contributed by atoms with Gasteiger partial charge in [0.1, 0.15) is 12.1 Å². The molecule has 0 aromatic carbocycles. The molecule has 4 aromatic rings. The first-order valence-electron chi connectivity index (χ1n) is 12.3. The monoisotopic (exact) mass is 473 g/mol. The van der Waals surface area contributed by atoms with Crippen molar-refractivity contribution in [3.8, 4) is 17.0 Å². The van der Waals surface area contributed by atoms with Gasteiger partial charge >= 0.3 is 0 Å². The topological polar surface area (TPSA) is 114 Å². The average molecular weight is 474 g/mol. The second-order valence-electron chi connectivity index (χ2n) is 10.4. The molecule has 1 spiro atoms. The number of nitrogens with zero attached hydrogens (tertiary/aromatic N) is 5. The fourth-order valence-corrected chi connectivity index (χ4v) is 5.86. The zero-order chi connectivity index (χ0) is 24.5. The number of primary amides is 1. The summed E-state index contributed by atoms with van der Waals surface area (Å²) >= 11 is 0. The second-order valence-corrected chi connectivity index (χ2v) is 10.4. The number of nitrogens with two attached hydrogens (primary N) is 1. The predicted octanol–water partition coefficient (Wildman–Crippen LogP) is 3.22. The number of aromatic nitrogens is 5. The third-order valence-corrected chi connectivity index (χ3v) is 7.94. The maximum absolute atomic E-state index is 11.4. The number of aromatic amines is 1. The van der Waals surface area contributed by atoms with Crippen LogP contribution in [0, 0.1) is 13.8 Å². The summed E-state index contributed by atoms with van der Waals surface area (Å²) in [5.41, 5.74) is 14.9. The Morgan fingerprint density at radius 1 is 1.26 bits per heavy atom. The number of piperidine rings is 1. The van der Waals surface area contributed by atoms with Crippen molar-refractivity contribution in [3.05, 3.63) is 41.0 Å². The molecular weight excluding hydrogens is 442 g/mol. The highest BCUT2D eigenvalue weighted by Crippen LogP contribution is 2.47. The highest BCUT2D eigenvalue weighted by Gasteiger charge is 2.45. The number of ether oxygens (including phenoxy) is 1. The van der Waals surface area contributed by atoms with Crippen LogP contribution >= 0.6 is 0 Å². The van der Waals surface area contributed by atoms with Gasteiger partial charge in [0.05, 0.1) is 41.0 Å². The van der Waals surface area contributed by atoms with Crippen LogP contribution in [0.5, 0.6) is 5.75 Å². The lowest BCUT2D eigenvalue weighted by Crippen LogP contribution is -2.46. The Hall–Kier alpha value is -3.46. The van der Waals surface area contributed by atoms with Crippen LogP contribution < -0.4 is 10.5 Å². The van der Waals surface area contributed by atoms with Crippen LogP contribution in [0.1, 0.15) is 55.0 Å². The van der Waals surface area contributed by atoms with E-state index in [0.717, 1.165) is 70.9 Å². The van der Waals surface area contributed by atoms with Gasteiger partial charge in [-0.3, -0.25) is 9.69 Å². The van der Waals surface area contributed by atoms with Crippen molar-refractivity contribution >= 4 is 22.6 Å². The molecule has 35 heavy (non-hydrogen) atoms. The molecule has 1 saturated heterocycles. The number of fused-ring (bicyclic) bond motifs is 4. The lowest BCUT2D eigenvalue weighted by molar-refractivity contribution is -0.119. The van der Waals surface area contributed by atoms with Gasteiger partial charge in [-0.05, 0) is 56.8 Å². The number of rotatable bonds is 4. The first-order chi connectivity index (χ1) is 16.8. The predicted molar refractivity (Wildman–Crippen MR) is 134 cm³/mol. The number of carbonyl (C=O) groups is 1. The minimum Gasteiger partial charge on any atom is -0.491 e. The summed E-state index contributed by atoms with van der Waals surface area (Å²) in [6, 6.07) is 2.12. The van der Waals surface area contributed by atoms with Gasteiger partial charge < -0.3 is 15.5 Å². The molecule has 2 aliphatic heterocycles. The highest BCUT2D eigenvalue weighted by molar-refractivity contribution is 5.90. The van der Waals surface area contributed by atoms with E-state index in [0.29, 0.717) is 13.2 Å². The van der Waals surface area contributed by atoms with Gasteiger partial charge in [-0.1, -0.05) is 13.8 Å². The van der Waals surface area contributed by atoms with Gasteiger partial charge in [0.15, 0.2) is 5.65 Å². The van der Waals surface area contributed by atoms with E-state index in [1.165, 1.54) is 11.1 Å². The van der Waals surface area contributed by atoms with E-state index in [4.69, 9.17) is 15.5 Å². The Kier molecular flexibility index (Phi) is 4.90. The molecule has 4 aromatic heterocycles. The van der Waals surface area contributed by atoms with Gasteiger partial charge in [-0.15, -0.1) is 0 Å². The lowest BCUT2D eigenvalue weighted by Gasteiger charge is -2.37. The van der Waals surface area contributed by atoms with Crippen LogP contribution in [0.15, 0.2) is 18.6 Å². The number of hydrogen-bond acceptors (Lipinski definition) is 6. The average Bonchev–Trinajstić information content (AvgIpc) is 3.52. The largest absolute Gasteiger partial charge is 0.491 e. The SMILES string of the molecule is Cc1c(-c2[nH]c3cc4c(nc3c2C(C)C)C2(CCN(CC(N)=O)CC2)CO4)cn2ncnc2c1C. The summed E-state index contributed by atoms with van der Waals surface area (Å²) in [6.07, 6.45) is 5.46. The first-order valence-corrected chi connectivity index (χ1v) is 12.3. The van der Waals surface area contributed by atoms with Crippen LogP contribution in [0.4, 0.5) is 0 Å². The first kappa shape index (κ1) is 22.0. The lowest BCUT2D eigenvalue weighted by atomic mass is 9.77. The Bertz CT molecular complexity index is 1470. The van der Waals surface area contributed by atoms with Crippen molar-refractivity contribution in [2.45, 2.75) is 51.9 Å². The van der Waals surface area contributed by atoms with Crippen LogP contribution in [0.25, 0.3) is 27.9 Å². The number of nitrogens with one attached hydrogen (secondary N) is 1. The summed E-state index contributed by atoms with van der Waals surface area (Å²) in [5, 5.41) is 4.39. The summed E-state index contributed by atoms with van der Waals surface area (Å²) < 4.78 is 8.05. The van der Waals surface area contributed by atoms with Gasteiger partial charge in [0.25, 0.3) is 0 Å². The van der Waals surface area contributed by atoms with Crippen molar-refractivity contribution in [2.24, 2.45) is 5.73 Å². The maximum atomic E-state index is 11.4. The van der Waals surface area contributed by atoms with Gasteiger partial charge in [-0.2, -0.15) is 5.10 Å². The number of likely N-dealkylation sites (tertiary alicyclic amines) is 1. The van der Waals surface area contributed by atoms with Crippen molar-refractivity contribution in [1.29, 1.82) is 0 Å². The van der Waals surface area contributed by atoms with E-state index in [-0.39, 0.29) is 17.2 Å². The minimum absolute atomic E-state index is 0.116. The second kappa shape index (κ2) is 7.78. The van der Waals surface area contributed by atoms with Gasteiger partial charge in [0.2, 0.25) is 5.91 Å². The molecule has 1 amide bonds. The Labute approximate surface area is 203 Å². The van der Waals surface area contributed by atoms with Gasteiger partial charge in [-0.25, -0.2) is 14.5 Å². The third-order valence-electron chi connectivity index (χ3n) is 7.94. The standard InChI is InChI=1S/C26H31N7O2/c1-14(2)21-22(17-10-33-25(28-13-29-33)16(4)15(17)3)30-18-9-19-24(31-23(18)21)26(12-35-19)5-7-32(8-6-26)11-20(27)34/h9-10,13-14,30H,5-8,11-12H2,1-4H3,(H2,27,34). The molecule has 9 heteroatoms. The molecule has 0 aliphatic carbocycles. The molecule has 0 bridgehead atoms. The van der Waals surface area contributed by atoms with E-state index in [9.17, 15) is 4.79 Å². The van der Waals surface area contributed by atoms with Crippen LogP contribution in [0.2, 0.25) is 0 Å². The molecule has 0 saturated carbocycles. The molecule has 0 radical (unpaired) electrons. The normalized spacial score (nSPS) is 17.5. The minimum atomic E-state index is -0.278. The molecule has 182 valence electrons. The van der Waals surface area contributed by atoms with Gasteiger partial charge in [0, 0.05) is 23.4 Å². The Balaban J connectivity index is 1.47. The molecule has 0 unspecified atom stereocenters. The van der Waals surface area contributed by atoms with E-state index in [1.807, 2.05) is 4.52 Å². The molecule has 6 heterocycles. The zero-order valence-corrected chi connectivity index (χ0v) is 20.7. The molecular formula is C26H31N7O2. The molecule has 1 fully saturated rings. The van der Waals surface area contributed by atoms with E-state index < -0.39 is 0 Å². The van der Waals surface area contributed by atoms with Crippen molar-refractivity contribution in [2.75, 3.05) is 26.2 Å². The van der Waals surface area contributed by atoms with Crippen molar-refractivity contribution in [3.63, 3.8) is 0 Å². The molecule has 0 atom stereocenters. The van der Waals surface area contributed by atoms with Crippen LogP contribution in [0.3, 0.4) is 0 Å². The fraction of sp³-hybridized carbons (Fsp3) is 0.462. The van der Waals surface area contributed by atoms with Crippen LogP contribution in [-0.4, -0.2) is 61.6 Å². The smallest absolute Gasteiger partial charge is 0.231 e. The summed E-state index contributed by atoms with van der Waals surface area (Å²) in [6.45, 7) is 11.2. The summed E-state index contributed by atoms with van der Waals surface area (Å²) in [5.74, 6) is 0.856. The number of hydrogen-bond donors (Lipinski definition) is 2. The molecule has 2 aliphatic rings. The number of amides is 1. The molecule has 6 rings (SSSR count). The van der Waals surface area contributed by atoms with Crippen molar-refractivity contribution in [1.82, 2.24) is 29.5 Å². The Morgan fingerprint density at radius 2 is 2.03 bits per heavy atom. The van der Waals surface area contributed by atoms with E-state index in [1.54, 1.807) is 6.33 Å². The van der Waals surface area contributed by atoms with Crippen molar-refractivity contribution < 1.29 is 9.53 Å². The van der Waals surface area contributed by atoms with E-state index >= 15 is 0 Å². The third kappa shape index (κ3) is 3.32. The van der Waals surface area contributed by atoms with Crippen LogP contribution in [-0.2, 0) is 10.2 Å². The molecule has 9 nitrogen and oxygen atoms in total. The zero-order valence-electron chi connectivity index (χ0n) is 20.7. The fourth-order valence-electron chi connectivity index (χ4n) is 5.86. The Morgan fingerprint density at radius 3 is 2.74 bits per heavy atom. The maximum Gasteiger partial charge on any atom is 0.231 e.